The number of nitrogens with zero attached hydrogens (tertiary/aromatic N) is 3. The minimum atomic E-state index is -0.197. The summed E-state index contributed by atoms with van der Waals surface area (Å²) in [6, 6.07) is 11.8. The summed E-state index contributed by atoms with van der Waals surface area (Å²) in [7, 11) is 0. The number of morpholine rings is 1. The van der Waals surface area contributed by atoms with E-state index in [0.717, 1.165) is 39.1 Å². The fraction of sp³-hybridized carbons (Fsp3) is 0.318. The molecule has 0 radical (unpaired) electrons. The van der Waals surface area contributed by atoms with Gasteiger partial charge in [-0.15, -0.1) is 0 Å². The van der Waals surface area contributed by atoms with Crippen LogP contribution in [0, 0.1) is 6.92 Å². The largest absolute Gasteiger partial charge is 0.378 e. The molecule has 1 aromatic carbocycles. The van der Waals surface area contributed by atoms with Crippen LogP contribution >= 0.6 is 0 Å². The molecular weight excluding hydrogens is 366 g/mol. The van der Waals surface area contributed by atoms with Gasteiger partial charge in [-0.3, -0.25) is 9.78 Å². The number of ether oxygens (including phenoxy) is 1. The highest BCUT2D eigenvalue weighted by Gasteiger charge is 2.25. The van der Waals surface area contributed by atoms with Crippen LogP contribution in [0.25, 0.3) is 6.08 Å². The molecule has 0 unspecified atom stereocenters. The van der Waals surface area contributed by atoms with Crippen LogP contribution in [0.3, 0.4) is 0 Å². The summed E-state index contributed by atoms with van der Waals surface area (Å²) in [4.78, 5) is 20.9. The second kappa shape index (κ2) is 8.87. The van der Waals surface area contributed by atoms with E-state index in [9.17, 15) is 4.79 Å². The lowest BCUT2D eigenvalue weighted by atomic mass is 10.1. The molecule has 2 heterocycles. The Kier molecular flexibility index (Phi) is 5.86. The fourth-order valence-corrected chi connectivity index (χ4v) is 3.73. The number of anilines is 1. The molecule has 0 amide bonds. The summed E-state index contributed by atoms with van der Waals surface area (Å²) >= 11 is 0. The van der Waals surface area contributed by atoms with Gasteiger partial charge in [0.25, 0.3) is 5.56 Å². The summed E-state index contributed by atoms with van der Waals surface area (Å²) < 4.78 is 5.54. The number of benzene rings is 1. The van der Waals surface area contributed by atoms with E-state index in [1.165, 1.54) is 28.5 Å². The molecule has 1 saturated heterocycles. The summed E-state index contributed by atoms with van der Waals surface area (Å²) in [5, 5.41) is 4.34. The maximum absolute atomic E-state index is 11.6. The van der Waals surface area contributed by atoms with Gasteiger partial charge in [0, 0.05) is 30.5 Å². The third-order valence-electron chi connectivity index (χ3n) is 5.00. The van der Waals surface area contributed by atoms with Crippen molar-refractivity contribution in [3.8, 4) is 0 Å². The van der Waals surface area contributed by atoms with E-state index in [1.807, 2.05) is 12.3 Å². The summed E-state index contributed by atoms with van der Waals surface area (Å²) in [5.41, 5.74) is 8.24. The zero-order valence-electron chi connectivity index (χ0n) is 16.5. The molecular formula is C22H25N5O2. The van der Waals surface area contributed by atoms with Crippen LogP contribution in [-0.4, -0.2) is 47.4 Å². The summed E-state index contributed by atoms with van der Waals surface area (Å²) in [6.45, 7) is 5.00. The van der Waals surface area contributed by atoms with E-state index < -0.39 is 0 Å². The molecule has 0 spiro atoms. The Morgan fingerprint density at radius 3 is 2.76 bits per heavy atom. The molecule has 4 rings (SSSR count). The Bertz CT molecular complexity index is 1000. The van der Waals surface area contributed by atoms with Gasteiger partial charge in [0.15, 0.2) is 0 Å². The smallest absolute Gasteiger partial charge is 0.252 e. The molecule has 1 aliphatic carbocycles. The number of allylic oxidation sites excluding steroid dienone is 2. The Morgan fingerprint density at radius 2 is 2.00 bits per heavy atom. The van der Waals surface area contributed by atoms with E-state index >= 15 is 0 Å². The molecule has 29 heavy (non-hydrogen) atoms. The molecule has 0 saturated carbocycles. The highest BCUT2D eigenvalue weighted by atomic mass is 16.5. The number of hydrogen-bond acceptors (Lipinski definition) is 6. The first-order valence-electron chi connectivity index (χ1n) is 9.88. The van der Waals surface area contributed by atoms with Gasteiger partial charge in [-0.05, 0) is 42.6 Å². The first kappa shape index (κ1) is 19.1. The number of hydrogen-bond donors (Lipinski definition) is 2. The Morgan fingerprint density at radius 1 is 1.21 bits per heavy atom. The quantitative estimate of drug-likeness (QED) is 0.605. The van der Waals surface area contributed by atoms with Gasteiger partial charge in [0.2, 0.25) is 5.95 Å². The SMILES string of the molecule is Cc1cc(=O)[nH]c(NN=CC2=C(N3CCOCC3)/C(=C\c3ccccc3)CC2)n1. The molecule has 1 aromatic heterocycles. The molecule has 1 fully saturated rings. The maximum atomic E-state index is 11.6. The van der Waals surface area contributed by atoms with E-state index in [1.54, 1.807) is 6.92 Å². The van der Waals surface area contributed by atoms with Gasteiger partial charge in [0.05, 0.1) is 19.4 Å². The van der Waals surface area contributed by atoms with Crippen LogP contribution in [0.1, 0.15) is 24.1 Å². The highest BCUT2D eigenvalue weighted by molar-refractivity contribution is 5.84. The van der Waals surface area contributed by atoms with E-state index in [4.69, 9.17) is 4.74 Å². The van der Waals surface area contributed by atoms with Crippen molar-refractivity contribution in [2.45, 2.75) is 19.8 Å². The molecule has 150 valence electrons. The lowest BCUT2D eigenvalue weighted by Crippen LogP contribution is -2.36. The standard InChI is InChI=1S/C22H25N5O2/c1-16-13-20(28)25-22(24-16)26-23-15-19-8-7-18(14-17-5-3-2-4-6-17)21(19)27-9-11-29-12-10-27/h2-6,13-15H,7-12H2,1H3,(H2,24,25,26,28)/b18-14-,23-15?. The van der Waals surface area contributed by atoms with Crippen molar-refractivity contribution in [3.63, 3.8) is 0 Å². The minimum Gasteiger partial charge on any atom is -0.378 e. The van der Waals surface area contributed by atoms with E-state index in [2.05, 4.69) is 55.7 Å². The minimum absolute atomic E-state index is 0.197. The molecule has 7 nitrogen and oxygen atoms in total. The Hall–Kier alpha value is -3.19. The van der Waals surface area contributed by atoms with Crippen molar-refractivity contribution in [2.24, 2.45) is 5.10 Å². The van der Waals surface area contributed by atoms with Crippen molar-refractivity contribution >= 4 is 18.2 Å². The van der Waals surface area contributed by atoms with E-state index in [-0.39, 0.29) is 5.56 Å². The second-order valence-electron chi connectivity index (χ2n) is 7.16. The monoisotopic (exact) mass is 391 g/mol. The lowest BCUT2D eigenvalue weighted by molar-refractivity contribution is 0.0548. The van der Waals surface area contributed by atoms with Crippen molar-refractivity contribution < 1.29 is 4.74 Å². The number of aromatic nitrogens is 2. The molecule has 2 aliphatic rings. The normalized spacial score (nSPS) is 18.8. The average molecular weight is 391 g/mol. The first-order chi connectivity index (χ1) is 14.2. The van der Waals surface area contributed by atoms with Gasteiger partial charge in [-0.1, -0.05) is 30.3 Å². The molecule has 2 aromatic rings. The van der Waals surface area contributed by atoms with Crippen molar-refractivity contribution in [1.29, 1.82) is 0 Å². The Balaban J connectivity index is 1.61. The molecule has 0 bridgehead atoms. The maximum Gasteiger partial charge on any atom is 0.252 e. The predicted molar refractivity (Wildman–Crippen MR) is 115 cm³/mol. The third-order valence-corrected chi connectivity index (χ3v) is 5.00. The zero-order valence-corrected chi connectivity index (χ0v) is 16.5. The van der Waals surface area contributed by atoms with Gasteiger partial charge in [-0.25, -0.2) is 10.4 Å². The molecule has 0 atom stereocenters. The van der Waals surface area contributed by atoms with E-state index in [0.29, 0.717) is 11.6 Å². The number of aromatic amines is 1. The number of aryl methyl sites for hydroxylation is 1. The highest BCUT2D eigenvalue weighted by Crippen LogP contribution is 2.34. The number of hydrazone groups is 1. The lowest BCUT2D eigenvalue weighted by Gasteiger charge is -2.31. The third kappa shape index (κ3) is 4.81. The van der Waals surface area contributed by atoms with Crippen molar-refractivity contribution in [2.75, 3.05) is 31.7 Å². The predicted octanol–water partition coefficient (Wildman–Crippen LogP) is 2.94. The van der Waals surface area contributed by atoms with Gasteiger partial charge in [0.1, 0.15) is 0 Å². The van der Waals surface area contributed by atoms with Crippen LogP contribution in [-0.2, 0) is 4.74 Å². The van der Waals surface area contributed by atoms with Crippen LogP contribution in [0.5, 0.6) is 0 Å². The van der Waals surface area contributed by atoms with Crippen molar-refractivity contribution in [3.05, 3.63) is 74.9 Å². The summed E-state index contributed by atoms with van der Waals surface area (Å²) in [6.07, 6.45) is 6.01. The first-order valence-corrected chi connectivity index (χ1v) is 9.88. The molecule has 2 N–H and O–H groups in total. The van der Waals surface area contributed by atoms with Crippen LogP contribution in [0.4, 0.5) is 5.95 Å². The van der Waals surface area contributed by atoms with Crippen LogP contribution in [0.2, 0.25) is 0 Å². The Labute approximate surface area is 169 Å². The zero-order chi connectivity index (χ0) is 20.1. The number of nitrogens with one attached hydrogen (secondary N) is 2. The van der Waals surface area contributed by atoms with Crippen LogP contribution in [0.15, 0.2) is 63.1 Å². The average Bonchev–Trinajstić information content (AvgIpc) is 3.11. The van der Waals surface area contributed by atoms with Gasteiger partial charge >= 0.3 is 0 Å². The number of H-pyrrole nitrogens is 1. The molecule has 1 aliphatic heterocycles. The van der Waals surface area contributed by atoms with Crippen LogP contribution < -0.4 is 11.0 Å². The summed E-state index contributed by atoms with van der Waals surface area (Å²) in [5.74, 6) is 0.345. The van der Waals surface area contributed by atoms with Gasteiger partial charge in [-0.2, -0.15) is 5.10 Å². The topological polar surface area (TPSA) is 82.6 Å². The van der Waals surface area contributed by atoms with Gasteiger partial charge < -0.3 is 9.64 Å². The van der Waals surface area contributed by atoms with Crippen molar-refractivity contribution in [1.82, 2.24) is 14.9 Å². The fourth-order valence-electron chi connectivity index (χ4n) is 3.73. The molecule has 7 heteroatoms. The number of rotatable bonds is 5. The second-order valence-corrected chi connectivity index (χ2v) is 7.16.